The fraction of sp³-hybridized carbons (Fsp3) is 0.500. The molecule has 1 aromatic carbocycles. The number of halogens is 2. The maximum absolute atomic E-state index is 13.5. The van der Waals surface area contributed by atoms with Crippen molar-refractivity contribution in [3.05, 3.63) is 23.8 Å². The van der Waals surface area contributed by atoms with E-state index in [1.807, 2.05) is 13.8 Å². The number of hydrogen-bond donors (Lipinski definition) is 2. The van der Waals surface area contributed by atoms with Crippen LogP contribution in [0, 0.1) is 17.6 Å². The Morgan fingerprint density at radius 1 is 1.32 bits per heavy atom. The highest BCUT2D eigenvalue weighted by Gasteiger charge is 2.22. The van der Waals surface area contributed by atoms with Crippen LogP contribution in [0.1, 0.15) is 26.7 Å². The van der Waals surface area contributed by atoms with Crippen LogP contribution in [0.3, 0.4) is 0 Å². The lowest BCUT2D eigenvalue weighted by molar-refractivity contribution is 0.482. The van der Waals surface area contributed by atoms with Crippen molar-refractivity contribution < 1.29 is 17.2 Å². The molecule has 7 heteroatoms. The van der Waals surface area contributed by atoms with Gasteiger partial charge in [0.05, 0.1) is 0 Å². The van der Waals surface area contributed by atoms with Crippen LogP contribution in [-0.4, -0.2) is 15.0 Å². The Hall–Kier alpha value is -1.21. The minimum Gasteiger partial charge on any atom is -0.399 e. The van der Waals surface area contributed by atoms with Crippen LogP contribution < -0.4 is 10.5 Å². The molecule has 0 fully saturated rings. The highest BCUT2D eigenvalue weighted by Crippen LogP contribution is 2.20. The maximum Gasteiger partial charge on any atom is 0.243 e. The Bertz CT molecular complexity index is 545. The van der Waals surface area contributed by atoms with Crippen molar-refractivity contribution in [1.82, 2.24) is 4.72 Å². The second kappa shape index (κ2) is 6.29. The van der Waals surface area contributed by atoms with Gasteiger partial charge in [0.1, 0.15) is 4.90 Å². The van der Waals surface area contributed by atoms with Crippen molar-refractivity contribution >= 4 is 15.7 Å². The summed E-state index contributed by atoms with van der Waals surface area (Å²) in [6, 6.07) is 1.65. The zero-order chi connectivity index (χ0) is 14.6. The second-order valence-corrected chi connectivity index (χ2v) is 6.48. The van der Waals surface area contributed by atoms with Crippen LogP contribution in [0.25, 0.3) is 0 Å². The lowest BCUT2D eigenvalue weighted by Crippen LogP contribution is -2.26. The summed E-state index contributed by atoms with van der Waals surface area (Å²) in [6.07, 6.45) is 1.47. The normalized spacial score (nSPS) is 12.1. The van der Waals surface area contributed by atoms with Gasteiger partial charge in [-0.1, -0.05) is 13.8 Å². The van der Waals surface area contributed by atoms with Crippen molar-refractivity contribution in [1.29, 1.82) is 0 Å². The third kappa shape index (κ3) is 4.43. The van der Waals surface area contributed by atoms with Crippen LogP contribution in [0.2, 0.25) is 0 Å². The molecule has 0 aromatic heterocycles. The number of sulfonamides is 1. The molecule has 108 valence electrons. The van der Waals surface area contributed by atoms with E-state index in [-0.39, 0.29) is 12.2 Å². The molecule has 0 spiro atoms. The summed E-state index contributed by atoms with van der Waals surface area (Å²) < 4.78 is 52.5. The summed E-state index contributed by atoms with van der Waals surface area (Å²) >= 11 is 0. The number of nitrogen functional groups attached to an aromatic ring is 1. The van der Waals surface area contributed by atoms with Crippen molar-refractivity contribution in [3.63, 3.8) is 0 Å². The molecule has 1 rings (SSSR count). The molecule has 4 nitrogen and oxygen atoms in total. The van der Waals surface area contributed by atoms with Crippen molar-refractivity contribution in [2.24, 2.45) is 5.92 Å². The van der Waals surface area contributed by atoms with Gasteiger partial charge in [0, 0.05) is 12.2 Å². The lowest BCUT2D eigenvalue weighted by atomic mass is 10.1. The van der Waals surface area contributed by atoms with Crippen LogP contribution in [-0.2, 0) is 10.0 Å². The van der Waals surface area contributed by atoms with E-state index >= 15 is 0 Å². The molecule has 0 bridgehead atoms. The molecule has 1 aromatic rings. The van der Waals surface area contributed by atoms with Gasteiger partial charge in [-0.05, 0) is 30.9 Å². The number of nitrogens with two attached hydrogens (primary N) is 1. The van der Waals surface area contributed by atoms with Crippen LogP contribution in [0.5, 0.6) is 0 Å². The van der Waals surface area contributed by atoms with Crippen LogP contribution in [0.4, 0.5) is 14.5 Å². The highest BCUT2D eigenvalue weighted by atomic mass is 32.2. The number of nitrogens with one attached hydrogen (secondary N) is 1. The standard InChI is InChI=1S/C12H18F2N2O2S/c1-8(2)4-3-5-16-19(17,18)11-7-9(15)6-10(13)12(11)14/h6-8,16H,3-5,15H2,1-2H3. The largest absolute Gasteiger partial charge is 0.399 e. The smallest absolute Gasteiger partial charge is 0.243 e. The fourth-order valence-corrected chi connectivity index (χ4v) is 2.77. The summed E-state index contributed by atoms with van der Waals surface area (Å²) in [5.74, 6) is -2.24. The van der Waals surface area contributed by atoms with Gasteiger partial charge < -0.3 is 5.73 Å². The molecular weight excluding hydrogens is 274 g/mol. The SMILES string of the molecule is CC(C)CCCNS(=O)(=O)c1cc(N)cc(F)c1F. The molecule has 0 saturated carbocycles. The monoisotopic (exact) mass is 292 g/mol. The first-order valence-electron chi connectivity index (χ1n) is 5.98. The number of benzene rings is 1. The molecular formula is C12H18F2N2O2S. The van der Waals surface area contributed by atoms with Gasteiger partial charge in [-0.2, -0.15) is 0 Å². The van der Waals surface area contributed by atoms with E-state index in [1.165, 1.54) is 0 Å². The van der Waals surface area contributed by atoms with E-state index in [0.29, 0.717) is 12.3 Å². The Morgan fingerprint density at radius 2 is 1.95 bits per heavy atom. The van der Waals surface area contributed by atoms with Gasteiger partial charge in [0.25, 0.3) is 0 Å². The lowest BCUT2D eigenvalue weighted by Gasteiger charge is -2.09. The van der Waals surface area contributed by atoms with Crippen LogP contribution in [0.15, 0.2) is 17.0 Å². The summed E-state index contributed by atoms with van der Waals surface area (Å²) in [4.78, 5) is -0.755. The van der Waals surface area contributed by atoms with Gasteiger partial charge >= 0.3 is 0 Å². The Kier molecular flexibility index (Phi) is 5.25. The average Bonchev–Trinajstić information content (AvgIpc) is 2.29. The maximum atomic E-state index is 13.5. The zero-order valence-electron chi connectivity index (χ0n) is 10.9. The molecule has 0 aliphatic carbocycles. The number of rotatable bonds is 6. The summed E-state index contributed by atoms with van der Waals surface area (Å²) in [6.45, 7) is 4.21. The molecule has 3 N–H and O–H groups in total. The van der Waals surface area contributed by atoms with Crippen LogP contribution >= 0.6 is 0 Å². The molecule has 0 unspecified atom stereocenters. The average molecular weight is 292 g/mol. The summed E-state index contributed by atoms with van der Waals surface area (Å²) in [7, 11) is -4.08. The van der Waals surface area contributed by atoms with Gasteiger partial charge in [-0.25, -0.2) is 21.9 Å². The summed E-state index contributed by atoms with van der Waals surface area (Å²) in [5, 5.41) is 0. The second-order valence-electron chi connectivity index (χ2n) is 4.75. The first kappa shape index (κ1) is 15.8. The zero-order valence-corrected chi connectivity index (χ0v) is 11.7. The van der Waals surface area contributed by atoms with Gasteiger partial charge in [-0.3, -0.25) is 0 Å². The minimum atomic E-state index is -4.08. The first-order valence-corrected chi connectivity index (χ1v) is 7.46. The Morgan fingerprint density at radius 3 is 2.53 bits per heavy atom. The Labute approximate surface area is 112 Å². The van der Waals surface area contributed by atoms with E-state index in [9.17, 15) is 17.2 Å². The predicted molar refractivity (Wildman–Crippen MR) is 70.0 cm³/mol. The molecule has 0 radical (unpaired) electrons. The minimum absolute atomic E-state index is 0.138. The topological polar surface area (TPSA) is 72.2 Å². The molecule has 0 aliphatic heterocycles. The van der Waals surface area contributed by atoms with Crippen molar-refractivity contribution in [2.45, 2.75) is 31.6 Å². The van der Waals surface area contributed by atoms with E-state index in [1.54, 1.807) is 0 Å². The van der Waals surface area contributed by atoms with Crippen molar-refractivity contribution in [3.8, 4) is 0 Å². The molecule has 0 atom stereocenters. The van der Waals surface area contributed by atoms with E-state index < -0.39 is 26.6 Å². The molecule has 0 heterocycles. The molecule has 0 amide bonds. The van der Waals surface area contributed by atoms with E-state index in [2.05, 4.69) is 4.72 Å². The first-order chi connectivity index (χ1) is 8.74. The highest BCUT2D eigenvalue weighted by molar-refractivity contribution is 7.89. The third-order valence-corrected chi connectivity index (χ3v) is 4.02. The van der Waals surface area contributed by atoms with Gasteiger partial charge in [0.15, 0.2) is 11.6 Å². The van der Waals surface area contributed by atoms with E-state index in [4.69, 9.17) is 5.73 Å². The molecule has 19 heavy (non-hydrogen) atoms. The van der Waals surface area contributed by atoms with Crippen molar-refractivity contribution in [2.75, 3.05) is 12.3 Å². The van der Waals surface area contributed by atoms with Gasteiger partial charge in [-0.15, -0.1) is 0 Å². The Balaban J connectivity index is 2.83. The van der Waals surface area contributed by atoms with Gasteiger partial charge in [0.2, 0.25) is 10.0 Å². The predicted octanol–water partition coefficient (Wildman–Crippen LogP) is 2.26. The van der Waals surface area contributed by atoms with E-state index in [0.717, 1.165) is 18.6 Å². The number of hydrogen-bond acceptors (Lipinski definition) is 3. The fourth-order valence-electron chi connectivity index (χ4n) is 1.57. The molecule has 0 saturated heterocycles. The molecule has 0 aliphatic rings. The number of anilines is 1. The summed E-state index contributed by atoms with van der Waals surface area (Å²) in [5.41, 5.74) is 5.18. The third-order valence-electron chi connectivity index (χ3n) is 2.56. The quantitative estimate of drug-likeness (QED) is 0.624.